The van der Waals surface area contributed by atoms with Crippen LogP contribution in [0.5, 0.6) is 5.75 Å². The number of carbonyl (C=O) groups excluding carboxylic acids is 2. The SMILES string of the molecule is CCc1c2c(nc3ccc(OC(=O)N4CCCC4C(=O)O)cc13)-c1cc3c(c(=O)n1C2)COC(=O)[C@]3(O)CC. The van der Waals surface area contributed by atoms with Gasteiger partial charge in [0.25, 0.3) is 5.56 Å². The van der Waals surface area contributed by atoms with Crippen molar-refractivity contribution in [2.45, 2.75) is 64.3 Å². The molecule has 1 amide bonds. The predicted molar refractivity (Wildman–Crippen MR) is 137 cm³/mol. The van der Waals surface area contributed by atoms with Crippen molar-refractivity contribution in [3.05, 3.63) is 56.9 Å². The van der Waals surface area contributed by atoms with Gasteiger partial charge in [0, 0.05) is 23.1 Å². The first-order valence-corrected chi connectivity index (χ1v) is 13.0. The summed E-state index contributed by atoms with van der Waals surface area (Å²) in [4.78, 5) is 56.2. The molecular weight excluding hydrogens is 506 g/mol. The number of aliphatic carboxylic acids is 1. The zero-order chi connectivity index (χ0) is 27.6. The fraction of sp³-hybridized carbons (Fsp3) is 0.393. The molecule has 0 spiro atoms. The Kier molecular flexibility index (Phi) is 5.72. The lowest BCUT2D eigenvalue weighted by atomic mass is 9.86. The number of carboxylic acid groups (broad SMARTS) is 1. The monoisotopic (exact) mass is 533 g/mol. The highest BCUT2D eigenvalue weighted by Gasteiger charge is 2.45. The Labute approximate surface area is 222 Å². The van der Waals surface area contributed by atoms with Gasteiger partial charge in [0.05, 0.1) is 29.0 Å². The van der Waals surface area contributed by atoms with Gasteiger partial charge in [0.1, 0.15) is 18.4 Å². The minimum Gasteiger partial charge on any atom is -0.480 e. The number of pyridine rings is 2. The quantitative estimate of drug-likeness (QED) is 0.378. The second-order valence-corrected chi connectivity index (χ2v) is 10.1. The van der Waals surface area contributed by atoms with Crippen LogP contribution in [0.25, 0.3) is 22.3 Å². The molecule has 1 saturated heterocycles. The van der Waals surface area contributed by atoms with Crippen molar-refractivity contribution in [1.82, 2.24) is 14.5 Å². The minimum absolute atomic E-state index is 0.0616. The van der Waals surface area contributed by atoms with Crippen LogP contribution in [0.4, 0.5) is 4.79 Å². The molecular formula is C28H27N3O8. The summed E-state index contributed by atoms with van der Waals surface area (Å²) < 4.78 is 12.3. The lowest BCUT2D eigenvalue weighted by molar-refractivity contribution is -0.172. The van der Waals surface area contributed by atoms with Crippen molar-refractivity contribution in [2.24, 2.45) is 0 Å². The zero-order valence-electron chi connectivity index (χ0n) is 21.5. The Hall–Kier alpha value is -4.25. The number of ether oxygens (including phenoxy) is 2. The number of aromatic nitrogens is 2. The maximum Gasteiger partial charge on any atom is 0.415 e. The van der Waals surface area contributed by atoms with Crippen molar-refractivity contribution >= 4 is 28.9 Å². The molecule has 2 atom stereocenters. The number of esters is 1. The lowest BCUT2D eigenvalue weighted by Crippen LogP contribution is -2.44. The Morgan fingerprint density at radius 2 is 2.00 bits per heavy atom. The van der Waals surface area contributed by atoms with E-state index >= 15 is 0 Å². The molecule has 1 fully saturated rings. The first-order valence-electron chi connectivity index (χ1n) is 13.0. The summed E-state index contributed by atoms with van der Waals surface area (Å²) in [6.07, 6.45) is 0.938. The second-order valence-electron chi connectivity index (χ2n) is 10.1. The van der Waals surface area contributed by atoms with Gasteiger partial charge in [-0.2, -0.15) is 0 Å². The van der Waals surface area contributed by atoms with E-state index in [0.29, 0.717) is 42.7 Å². The van der Waals surface area contributed by atoms with Gasteiger partial charge >= 0.3 is 18.0 Å². The van der Waals surface area contributed by atoms with E-state index in [1.807, 2.05) is 6.92 Å². The Morgan fingerprint density at radius 3 is 2.72 bits per heavy atom. The van der Waals surface area contributed by atoms with Gasteiger partial charge in [-0.3, -0.25) is 9.69 Å². The number of rotatable bonds is 4. The molecule has 3 aliphatic heterocycles. The number of benzene rings is 1. The maximum atomic E-state index is 13.5. The number of carboxylic acids is 1. The highest BCUT2D eigenvalue weighted by atomic mass is 16.6. The fourth-order valence-electron chi connectivity index (χ4n) is 6.01. The summed E-state index contributed by atoms with van der Waals surface area (Å²) in [5.41, 5.74) is 1.80. The first kappa shape index (κ1) is 25.1. The summed E-state index contributed by atoms with van der Waals surface area (Å²) in [7, 11) is 0. The number of cyclic esters (lactones) is 1. The fourth-order valence-corrected chi connectivity index (χ4v) is 6.01. The molecule has 6 rings (SSSR count). The number of hydrogen-bond donors (Lipinski definition) is 2. The maximum absolute atomic E-state index is 13.5. The van der Waals surface area contributed by atoms with Crippen LogP contribution < -0.4 is 10.3 Å². The molecule has 5 heterocycles. The van der Waals surface area contributed by atoms with Crippen molar-refractivity contribution in [3.63, 3.8) is 0 Å². The number of amides is 1. The summed E-state index contributed by atoms with van der Waals surface area (Å²) in [6, 6.07) is 5.81. The van der Waals surface area contributed by atoms with Gasteiger partial charge in [-0.05, 0) is 55.5 Å². The highest BCUT2D eigenvalue weighted by molar-refractivity contribution is 5.90. The molecule has 0 saturated carbocycles. The molecule has 11 nitrogen and oxygen atoms in total. The van der Waals surface area contributed by atoms with Crippen LogP contribution in [0.15, 0.2) is 29.1 Å². The zero-order valence-corrected chi connectivity index (χ0v) is 21.5. The van der Waals surface area contributed by atoms with Crippen LogP contribution in [0, 0.1) is 0 Å². The van der Waals surface area contributed by atoms with E-state index in [9.17, 15) is 29.4 Å². The van der Waals surface area contributed by atoms with Crippen molar-refractivity contribution in [3.8, 4) is 17.1 Å². The lowest BCUT2D eigenvalue weighted by Gasteiger charge is -2.31. The van der Waals surface area contributed by atoms with Crippen molar-refractivity contribution in [2.75, 3.05) is 6.54 Å². The van der Waals surface area contributed by atoms with Crippen LogP contribution >= 0.6 is 0 Å². The van der Waals surface area contributed by atoms with Crippen molar-refractivity contribution in [1.29, 1.82) is 0 Å². The summed E-state index contributed by atoms with van der Waals surface area (Å²) in [5.74, 6) is -1.56. The summed E-state index contributed by atoms with van der Waals surface area (Å²) >= 11 is 0. The third-order valence-corrected chi connectivity index (χ3v) is 8.11. The van der Waals surface area contributed by atoms with Gasteiger partial charge in [-0.15, -0.1) is 0 Å². The highest BCUT2D eigenvalue weighted by Crippen LogP contribution is 2.40. The number of hydrogen-bond acceptors (Lipinski definition) is 8. The van der Waals surface area contributed by atoms with E-state index < -0.39 is 29.7 Å². The molecule has 2 aromatic heterocycles. The third-order valence-electron chi connectivity index (χ3n) is 8.11. The van der Waals surface area contributed by atoms with E-state index in [-0.39, 0.29) is 42.0 Å². The van der Waals surface area contributed by atoms with Gasteiger partial charge in [0.15, 0.2) is 5.60 Å². The molecule has 39 heavy (non-hydrogen) atoms. The number of carbonyl (C=O) groups is 3. The van der Waals surface area contributed by atoms with E-state index in [2.05, 4.69) is 0 Å². The average Bonchev–Trinajstić information content (AvgIpc) is 3.56. The summed E-state index contributed by atoms with van der Waals surface area (Å²) in [6.45, 7) is 4.02. The van der Waals surface area contributed by atoms with Gasteiger partial charge in [0.2, 0.25) is 0 Å². The van der Waals surface area contributed by atoms with Crippen LogP contribution in [-0.4, -0.2) is 55.3 Å². The third kappa shape index (κ3) is 3.63. The molecule has 3 aliphatic rings. The van der Waals surface area contributed by atoms with Crippen LogP contribution in [-0.2, 0) is 39.5 Å². The number of likely N-dealkylation sites (tertiary alicyclic amines) is 1. The Balaban J connectivity index is 1.42. The molecule has 0 radical (unpaired) electrons. The molecule has 202 valence electrons. The Bertz CT molecular complexity index is 1640. The predicted octanol–water partition coefficient (Wildman–Crippen LogP) is 2.69. The number of aryl methyl sites for hydroxylation is 1. The Morgan fingerprint density at radius 1 is 1.21 bits per heavy atom. The molecule has 0 bridgehead atoms. The molecule has 0 aliphatic carbocycles. The first-order chi connectivity index (χ1) is 18.7. The molecule has 11 heteroatoms. The minimum atomic E-state index is -1.90. The summed E-state index contributed by atoms with van der Waals surface area (Å²) in [5, 5.41) is 21.2. The largest absolute Gasteiger partial charge is 0.480 e. The van der Waals surface area contributed by atoms with E-state index in [4.69, 9.17) is 14.5 Å². The van der Waals surface area contributed by atoms with Gasteiger partial charge in [-0.25, -0.2) is 19.4 Å². The standard InChI is InChI=1S/C28H27N3O8/c1-3-15-16-10-14(39-27(36)30-9-5-6-21(30)25(33)34)7-8-20(16)29-23-17(15)12-31-22(23)11-19-18(24(31)32)13-38-26(35)28(19,37)4-2/h7-8,10-11,21,37H,3-6,9,12-13H2,1-2H3,(H,33,34)/t21?,28-/m0/s1. The van der Waals surface area contributed by atoms with E-state index in [1.165, 1.54) is 4.90 Å². The smallest absolute Gasteiger partial charge is 0.415 e. The molecule has 2 N–H and O–H groups in total. The average molecular weight is 534 g/mol. The molecule has 1 aromatic carbocycles. The van der Waals surface area contributed by atoms with Crippen LogP contribution in [0.1, 0.15) is 55.4 Å². The number of fused-ring (bicyclic) bond motifs is 5. The second kappa shape index (κ2) is 8.91. The molecule has 3 aromatic rings. The van der Waals surface area contributed by atoms with Crippen LogP contribution in [0.2, 0.25) is 0 Å². The van der Waals surface area contributed by atoms with Gasteiger partial charge < -0.3 is 24.3 Å². The normalized spacial score (nSPS) is 21.4. The van der Waals surface area contributed by atoms with E-state index in [1.54, 1.807) is 35.8 Å². The number of nitrogens with zero attached hydrogens (tertiary/aromatic N) is 3. The molecule has 1 unspecified atom stereocenters. The topological polar surface area (TPSA) is 148 Å². The number of aliphatic hydroxyl groups is 1. The van der Waals surface area contributed by atoms with Gasteiger partial charge in [-0.1, -0.05) is 13.8 Å². The van der Waals surface area contributed by atoms with E-state index in [0.717, 1.165) is 16.5 Å². The van der Waals surface area contributed by atoms with Crippen LogP contribution in [0.3, 0.4) is 0 Å². The van der Waals surface area contributed by atoms with Crippen molar-refractivity contribution < 1.29 is 34.1 Å².